The van der Waals surface area contributed by atoms with Crippen molar-refractivity contribution in [1.29, 1.82) is 0 Å². The Hall–Kier alpha value is -3.23. The molecular formula is C26H33N3O4S. The Morgan fingerprint density at radius 2 is 1.71 bits per heavy atom. The standard InChI is InChI=1S/C26H29N3O4S.2H2/c1-33-22-14-12-21(13-15-22)26(16-3-4-17-26)25(30)29-24-7-5-6-23(28-24)20-10-8-19(9-11-20)18-27-34(2,31)32;;/h5-15,27H,3-4,16-18H2,1-2H3,(H,28,29,30);2*1H. The van der Waals surface area contributed by atoms with Gasteiger partial charge in [-0.15, -0.1) is 0 Å². The van der Waals surface area contributed by atoms with Crippen LogP contribution in [0, 0.1) is 0 Å². The molecule has 0 atom stereocenters. The molecule has 0 spiro atoms. The van der Waals surface area contributed by atoms with E-state index in [1.807, 2.05) is 60.7 Å². The summed E-state index contributed by atoms with van der Waals surface area (Å²) in [6, 6.07) is 20.8. The van der Waals surface area contributed by atoms with E-state index in [4.69, 9.17) is 4.74 Å². The number of benzene rings is 2. The van der Waals surface area contributed by atoms with Crippen molar-refractivity contribution in [2.24, 2.45) is 0 Å². The lowest BCUT2D eigenvalue weighted by Gasteiger charge is -2.28. The lowest BCUT2D eigenvalue weighted by molar-refractivity contribution is -0.121. The summed E-state index contributed by atoms with van der Waals surface area (Å²) in [6.45, 7) is 0.232. The highest BCUT2D eigenvalue weighted by molar-refractivity contribution is 7.88. The first-order valence-corrected chi connectivity index (χ1v) is 13.2. The first-order valence-electron chi connectivity index (χ1n) is 11.3. The molecule has 1 heterocycles. The second-order valence-corrected chi connectivity index (χ2v) is 10.5. The number of sulfonamides is 1. The van der Waals surface area contributed by atoms with Crippen LogP contribution in [0.25, 0.3) is 11.3 Å². The summed E-state index contributed by atoms with van der Waals surface area (Å²) in [5.41, 5.74) is 2.88. The molecular weight excluding hydrogens is 450 g/mol. The fraction of sp³-hybridized carbons (Fsp3) is 0.308. The van der Waals surface area contributed by atoms with Crippen LogP contribution < -0.4 is 14.8 Å². The molecule has 2 aromatic carbocycles. The summed E-state index contributed by atoms with van der Waals surface area (Å²) in [5, 5.41) is 3.05. The second kappa shape index (κ2) is 9.95. The van der Waals surface area contributed by atoms with Gasteiger partial charge in [0.25, 0.3) is 0 Å². The number of amides is 1. The molecule has 34 heavy (non-hydrogen) atoms. The van der Waals surface area contributed by atoms with Gasteiger partial charge in [0.2, 0.25) is 15.9 Å². The van der Waals surface area contributed by atoms with Gasteiger partial charge < -0.3 is 10.1 Å². The van der Waals surface area contributed by atoms with Crippen LogP contribution in [0.2, 0.25) is 0 Å². The van der Waals surface area contributed by atoms with Crippen LogP contribution in [-0.4, -0.2) is 32.7 Å². The molecule has 7 nitrogen and oxygen atoms in total. The molecule has 1 aliphatic rings. The van der Waals surface area contributed by atoms with Crippen LogP contribution in [0.4, 0.5) is 5.82 Å². The van der Waals surface area contributed by atoms with Gasteiger partial charge in [0.15, 0.2) is 0 Å². The van der Waals surface area contributed by atoms with Gasteiger partial charge in [-0.2, -0.15) is 0 Å². The predicted molar refractivity (Wildman–Crippen MR) is 137 cm³/mol. The molecule has 0 aliphatic heterocycles. The van der Waals surface area contributed by atoms with E-state index in [1.165, 1.54) is 0 Å². The van der Waals surface area contributed by atoms with Crippen LogP contribution in [-0.2, 0) is 26.8 Å². The van der Waals surface area contributed by atoms with Gasteiger partial charge in [-0.1, -0.05) is 55.3 Å². The van der Waals surface area contributed by atoms with E-state index in [9.17, 15) is 13.2 Å². The Bertz CT molecular complexity index is 1260. The minimum atomic E-state index is -3.25. The maximum absolute atomic E-state index is 13.5. The third kappa shape index (κ3) is 5.46. The number of pyridine rings is 1. The van der Waals surface area contributed by atoms with Crippen molar-refractivity contribution in [1.82, 2.24) is 9.71 Å². The zero-order valence-corrected chi connectivity index (χ0v) is 20.2. The maximum atomic E-state index is 13.5. The van der Waals surface area contributed by atoms with Crippen molar-refractivity contribution in [3.63, 3.8) is 0 Å². The summed E-state index contributed by atoms with van der Waals surface area (Å²) in [7, 11) is -1.62. The highest BCUT2D eigenvalue weighted by Gasteiger charge is 2.42. The van der Waals surface area contributed by atoms with Gasteiger partial charge in [-0.3, -0.25) is 4.79 Å². The summed E-state index contributed by atoms with van der Waals surface area (Å²) in [4.78, 5) is 18.2. The summed E-state index contributed by atoms with van der Waals surface area (Å²) < 4.78 is 30.3. The fourth-order valence-electron chi connectivity index (χ4n) is 4.44. The molecule has 1 amide bonds. The van der Waals surface area contributed by atoms with Gasteiger partial charge in [0.05, 0.1) is 24.5 Å². The number of rotatable bonds is 8. The van der Waals surface area contributed by atoms with Crippen LogP contribution in [0.15, 0.2) is 66.7 Å². The van der Waals surface area contributed by atoms with E-state index < -0.39 is 15.4 Å². The van der Waals surface area contributed by atoms with Gasteiger partial charge >= 0.3 is 0 Å². The van der Waals surface area contributed by atoms with Crippen molar-refractivity contribution < 1.29 is 20.8 Å². The highest BCUT2D eigenvalue weighted by Crippen LogP contribution is 2.42. The Morgan fingerprint density at radius 3 is 2.32 bits per heavy atom. The number of nitrogens with one attached hydrogen (secondary N) is 2. The molecule has 4 rings (SSSR count). The van der Waals surface area contributed by atoms with E-state index in [-0.39, 0.29) is 15.3 Å². The number of carbonyl (C=O) groups excluding carboxylic acids is 1. The first-order chi connectivity index (χ1) is 16.3. The first kappa shape index (κ1) is 23.9. The van der Waals surface area contributed by atoms with E-state index in [2.05, 4.69) is 15.0 Å². The molecule has 1 saturated carbocycles. The molecule has 0 bridgehead atoms. The van der Waals surface area contributed by atoms with E-state index in [1.54, 1.807) is 13.2 Å². The molecule has 0 unspecified atom stereocenters. The Labute approximate surface area is 203 Å². The molecule has 182 valence electrons. The topological polar surface area (TPSA) is 97.4 Å². The zero-order valence-electron chi connectivity index (χ0n) is 19.4. The van der Waals surface area contributed by atoms with E-state index in [0.29, 0.717) is 5.82 Å². The molecule has 8 heteroatoms. The molecule has 0 radical (unpaired) electrons. The second-order valence-electron chi connectivity index (χ2n) is 8.67. The number of carbonyl (C=O) groups is 1. The van der Waals surface area contributed by atoms with Gasteiger partial charge in [-0.05, 0) is 48.2 Å². The largest absolute Gasteiger partial charge is 0.497 e. The zero-order chi connectivity index (χ0) is 24.2. The van der Waals surface area contributed by atoms with Crippen LogP contribution in [0.5, 0.6) is 5.75 Å². The Balaban J connectivity index is 0.00000228. The SMILES string of the molecule is COc1ccc(C2(C(=O)Nc3cccc(-c4ccc(CNS(C)(=O)=O)cc4)n3)CCCC2)cc1.[HH].[HH]. The molecule has 1 aliphatic carbocycles. The molecule has 3 aromatic rings. The minimum absolute atomic E-state index is 0. The third-order valence-corrected chi connectivity index (χ3v) is 6.98. The Morgan fingerprint density at radius 1 is 1.03 bits per heavy atom. The number of methoxy groups -OCH3 is 1. The number of anilines is 1. The molecule has 0 saturated heterocycles. The summed E-state index contributed by atoms with van der Waals surface area (Å²) in [6.07, 6.45) is 4.75. The summed E-state index contributed by atoms with van der Waals surface area (Å²) >= 11 is 0. The van der Waals surface area contributed by atoms with E-state index in [0.717, 1.165) is 60.1 Å². The van der Waals surface area contributed by atoms with Gasteiger partial charge in [0.1, 0.15) is 11.6 Å². The molecule has 2 N–H and O–H groups in total. The quantitative estimate of drug-likeness (QED) is 0.482. The van der Waals surface area contributed by atoms with Gasteiger partial charge in [-0.25, -0.2) is 18.1 Å². The molecule has 1 fully saturated rings. The van der Waals surface area contributed by atoms with Crippen LogP contribution in [0.1, 0.15) is 39.7 Å². The van der Waals surface area contributed by atoms with Crippen molar-refractivity contribution in [2.75, 3.05) is 18.7 Å². The highest BCUT2D eigenvalue weighted by atomic mass is 32.2. The fourth-order valence-corrected chi connectivity index (χ4v) is 4.87. The average molecular weight is 484 g/mol. The number of ether oxygens (including phenoxy) is 1. The lowest BCUT2D eigenvalue weighted by Crippen LogP contribution is -2.38. The van der Waals surface area contributed by atoms with Crippen LogP contribution >= 0.6 is 0 Å². The number of hydrogen-bond acceptors (Lipinski definition) is 5. The number of nitrogens with zero attached hydrogens (tertiary/aromatic N) is 1. The maximum Gasteiger partial charge on any atom is 0.236 e. The third-order valence-electron chi connectivity index (χ3n) is 6.31. The predicted octanol–water partition coefficient (Wildman–Crippen LogP) is 4.75. The average Bonchev–Trinajstić information content (AvgIpc) is 3.34. The minimum Gasteiger partial charge on any atom is -0.497 e. The molecule has 1 aromatic heterocycles. The van der Waals surface area contributed by atoms with Gasteiger partial charge in [0, 0.05) is 15.0 Å². The van der Waals surface area contributed by atoms with E-state index >= 15 is 0 Å². The number of hydrogen-bond donors (Lipinski definition) is 2. The van der Waals surface area contributed by atoms with Crippen LogP contribution in [0.3, 0.4) is 0 Å². The summed E-state index contributed by atoms with van der Waals surface area (Å²) in [5.74, 6) is 1.23. The van der Waals surface area contributed by atoms with Crippen molar-refractivity contribution >= 4 is 21.7 Å². The smallest absolute Gasteiger partial charge is 0.236 e. The Kier molecular flexibility index (Phi) is 7.00. The van der Waals surface area contributed by atoms with Crippen molar-refractivity contribution in [2.45, 2.75) is 37.6 Å². The number of aromatic nitrogens is 1. The lowest BCUT2D eigenvalue weighted by atomic mass is 9.78. The normalized spacial score (nSPS) is 15.1. The van der Waals surface area contributed by atoms with Crippen molar-refractivity contribution in [3.8, 4) is 17.0 Å². The van der Waals surface area contributed by atoms with Crippen molar-refractivity contribution in [3.05, 3.63) is 77.9 Å². The monoisotopic (exact) mass is 483 g/mol.